The number of aromatic nitrogens is 1. The lowest BCUT2D eigenvalue weighted by atomic mass is 9.50. The summed E-state index contributed by atoms with van der Waals surface area (Å²) >= 11 is 0. The Morgan fingerprint density at radius 2 is 0.934 bits per heavy atom. The van der Waals surface area contributed by atoms with Crippen molar-refractivity contribution in [2.45, 2.75) is 116 Å². The van der Waals surface area contributed by atoms with E-state index >= 15 is 0 Å². The number of nitrogens with zero attached hydrogens (tertiary/aromatic N) is 5. The number of hydrogen-bond acceptors (Lipinski definition) is 5. The number of benzene rings is 7. The zero-order valence-corrected chi connectivity index (χ0v) is 46.3. The Kier molecular flexibility index (Phi) is 11.3. The summed E-state index contributed by atoms with van der Waals surface area (Å²) in [6, 6.07) is 67.9. The Hall–Kier alpha value is -7.63. The van der Waals surface area contributed by atoms with Crippen LogP contribution < -0.4 is 19.6 Å². The molecule has 0 bridgehead atoms. The van der Waals surface area contributed by atoms with Crippen molar-refractivity contribution in [1.29, 1.82) is 0 Å². The number of fused-ring (bicyclic) bond motifs is 10. The van der Waals surface area contributed by atoms with E-state index in [1.807, 2.05) is 6.20 Å². The van der Waals surface area contributed by atoms with Gasteiger partial charge in [-0.3, -0.25) is 0 Å². The third kappa shape index (κ3) is 6.99. The van der Waals surface area contributed by atoms with E-state index < -0.39 is 21.7 Å². The van der Waals surface area contributed by atoms with Crippen molar-refractivity contribution in [3.63, 3.8) is 0 Å². The van der Waals surface area contributed by atoms with Gasteiger partial charge in [-0.25, -0.2) is 4.98 Å². The van der Waals surface area contributed by atoms with Crippen LogP contribution in [0.5, 0.6) is 0 Å². The molecule has 0 fully saturated rings. The Morgan fingerprint density at radius 3 is 1.49 bits per heavy atom. The van der Waals surface area contributed by atoms with Crippen LogP contribution in [0.25, 0.3) is 22.3 Å². The number of hydrogen-bond donors (Lipinski definition) is 0. The van der Waals surface area contributed by atoms with Gasteiger partial charge in [-0.1, -0.05) is 215 Å². The molecule has 76 heavy (non-hydrogen) atoms. The normalized spacial score (nSPS) is 23.0. The quantitative estimate of drug-likeness (QED) is 0.134. The first-order valence-corrected chi connectivity index (χ1v) is 27.5. The standard InChI is InChI=1S/C71H73N5/c1-13-69(11)55-46-50(66(3,4)5)40-42-58(55)75-60-37-26-25-36-59(60)73(56-34-23-21-32-52(56)48-28-17-15-18-29-48)65(75)70(69,12)43-44-71(14-2)54-41-39-51(67(6,7)8)47-62(54)76-63-61(38-27-45-72-63)74(64(76)68(71,9)10)57-35-24-22-33-53(57)49-30-19-16-20-31-49/h13-42,45-47,64-65H,1-2,43-44H2,3-12H3. The summed E-state index contributed by atoms with van der Waals surface area (Å²) in [5, 5.41) is 0. The van der Waals surface area contributed by atoms with Crippen LogP contribution in [0.3, 0.4) is 0 Å². The maximum atomic E-state index is 5.32. The fourth-order valence-corrected chi connectivity index (χ4v) is 14.2. The molecule has 7 aromatic carbocycles. The third-order valence-corrected chi connectivity index (χ3v) is 18.8. The minimum absolute atomic E-state index is 0.0623. The molecule has 0 amide bonds. The van der Waals surface area contributed by atoms with Crippen molar-refractivity contribution >= 4 is 45.6 Å². The number of anilines is 8. The van der Waals surface area contributed by atoms with Gasteiger partial charge in [0.15, 0.2) is 5.82 Å². The monoisotopic (exact) mass is 996 g/mol. The molecule has 4 aliphatic rings. The molecule has 0 spiro atoms. The smallest absolute Gasteiger partial charge is 0.158 e. The minimum atomic E-state index is -0.552. The largest absolute Gasteiger partial charge is 0.317 e. The number of rotatable bonds is 9. The molecule has 0 aliphatic carbocycles. The van der Waals surface area contributed by atoms with Crippen LogP contribution in [0.4, 0.5) is 45.6 Å². The van der Waals surface area contributed by atoms with Crippen LogP contribution in [0.1, 0.15) is 104 Å². The van der Waals surface area contributed by atoms with E-state index in [1.165, 1.54) is 72.9 Å². The summed E-state index contributed by atoms with van der Waals surface area (Å²) in [4.78, 5) is 15.9. The maximum Gasteiger partial charge on any atom is 0.158 e. The molecular formula is C71H73N5. The molecular weight excluding hydrogens is 923 g/mol. The van der Waals surface area contributed by atoms with E-state index in [0.29, 0.717) is 0 Å². The molecule has 0 saturated heterocycles. The van der Waals surface area contributed by atoms with Gasteiger partial charge in [0.1, 0.15) is 12.3 Å². The van der Waals surface area contributed by atoms with E-state index in [2.05, 4.69) is 283 Å². The highest BCUT2D eigenvalue weighted by atomic mass is 15.5. The van der Waals surface area contributed by atoms with Gasteiger partial charge < -0.3 is 19.6 Å². The second-order valence-corrected chi connectivity index (χ2v) is 25.0. The molecule has 0 radical (unpaired) electrons. The second kappa shape index (κ2) is 17.5. The highest BCUT2D eigenvalue weighted by molar-refractivity contribution is 5.96. The van der Waals surface area contributed by atoms with Crippen molar-refractivity contribution < 1.29 is 0 Å². The van der Waals surface area contributed by atoms with Gasteiger partial charge in [0.05, 0.1) is 28.4 Å². The molecule has 8 aromatic rings. The summed E-state index contributed by atoms with van der Waals surface area (Å²) in [5.74, 6) is 0.977. The summed E-state index contributed by atoms with van der Waals surface area (Å²) in [7, 11) is 0. The molecule has 382 valence electrons. The Bertz CT molecular complexity index is 3560. The molecule has 5 unspecified atom stereocenters. The molecule has 0 saturated carbocycles. The molecule has 5 heterocycles. The maximum absolute atomic E-state index is 5.32. The zero-order valence-electron chi connectivity index (χ0n) is 46.3. The van der Waals surface area contributed by atoms with Gasteiger partial charge in [0, 0.05) is 50.4 Å². The summed E-state index contributed by atoms with van der Waals surface area (Å²) in [5.41, 5.74) is 16.2. The Balaban J connectivity index is 1.10. The third-order valence-electron chi connectivity index (χ3n) is 18.8. The topological polar surface area (TPSA) is 25.9 Å². The highest BCUT2D eigenvalue weighted by Crippen LogP contribution is 2.69. The predicted molar refractivity (Wildman–Crippen MR) is 321 cm³/mol. The van der Waals surface area contributed by atoms with Gasteiger partial charge in [-0.2, -0.15) is 0 Å². The highest BCUT2D eigenvalue weighted by Gasteiger charge is 2.65. The van der Waals surface area contributed by atoms with Crippen molar-refractivity contribution in [1.82, 2.24) is 4.98 Å². The average molecular weight is 996 g/mol. The molecule has 1 aromatic heterocycles. The fourth-order valence-electron chi connectivity index (χ4n) is 14.2. The molecule has 4 aliphatic heterocycles. The summed E-state index contributed by atoms with van der Waals surface area (Å²) in [6.45, 7) is 33.9. The average Bonchev–Trinajstić information content (AvgIpc) is 4.15. The zero-order chi connectivity index (χ0) is 53.2. The first-order chi connectivity index (χ1) is 36.4. The van der Waals surface area contributed by atoms with Crippen molar-refractivity contribution in [2.75, 3.05) is 19.6 Å². The summed E-state index contributed by atoms with van der Waals surface area (Å²) < 4.78 is 0. The van der Waals surface area contributed by atoms with Crippen LogP contribution in [0, 0.1) is 10.8 Å². The SMILES string of the molecule is C=CC1(C)c2cc(C(C)(C)C)ccc2N2c3ccccc3N(c3ccccc3-c3ccccc3)C2C1(C)CCC1(C=C)c2ccc(C(C)(C)C)cc2N2c3ncccc3N(c3ccccc3-c3ccccc3)C2C1(C)C. The van der Waals surface area contributed by atoms with E-state index in [9.17, 15) is 0 Å². The molecule has 5 heteroatoms. The number of para-hydroxylation sites is 4. The van der Waals surface area contributed by atoms with Gasteiger partial charge in [0.25, 0.3) is 0 Å². The molecule has 0 N–H and O–H groups in total. The Labute approximate surface area is 452 Å². The van der Waals surface area contributed by atoms with E-state index in [4.69, 9.17) is 18.1 Å². The van der Waals surface area contributed by atoms with Crippen LogP contribution in [-0.4, -0.2) is 17.3 Å². The van der Waals surface area contributed by atoms with Crippen molar-refractivity contribution in [3.05, 3.63) is 236 Å². The van der Waals surface area contributed by atoms with Crippen molar-refractivity contribution in [2.24, 2.45) is 10.8 Å². The second-order valence-electron chi connectivity index (χ2n) is 25.0. The first-order valence-electron chi connectivity index (χ1n) is 27.5. The van der Waals surface area contributed by atoms with E-state index in [1.54, 1.807) is 0 Å². The predicted octanol–water partition coefficient (Wildman–Crippen LogP) is 18.6. The molecule has 5 atom stereocenters. The summed E-state index contributed by atoms with van der Waals surface area (Å²) in [6.07, 6.45) is 7.95. The minimum Gasteiger partial charge on any atom is -0.317 e. The van der Waals surface area contributed by atoms with Gasteiger partial charge >= 0.3 is 0 Å². The Morgan fingerprint density at radius 1 is 0.447 bits per heavy atom. The van der Waals surface area contributed by atoms with E-state index in [0.717, 1.165) is 30.0 Å². The molecule has 5 nitrogen and oxygen atoms in total. The van der Waals surface area contributed by atoms with Crippen LogP contribution in [-0.2, 0) is 21.7 Å². The van der Waals surface area contributed by atoms with Crippen LogP contribution in [0.2, 0.25) is 0 Å². The lowest BCUT2D eigenvalue weighted by Gasteiger charge is -2.61. The van der Waals surface area contributed by atoms with Gasteiger partial charge in [0.2, 0.25) is 0 Å². The number of allylic oxidation sites excluding steroid dienone is 2. The number of pyridine rings is 1. The molecule has 12 rings (SSSR count). The van der Waals surface area contributed by atoms with Gasteiger partial charge in [-0.15, -0.1) is 13.2 Å². The lowest BCUT2D eigenvalue weighted by molar-refractivity contribution is 0.0828. The van der Waals surface area contributed by atoms with Crippen molar-refractivity contribution in [3.8, 4) is 22.3 Å². The van der Waals surface area contributed by atoms with Crippen LogP contribution in [0.15, 0.2) is 213 Å². The van der Waals surface area contributed by atoms with Gasteiger partial charge in [-0.05, 0) is 106 Å². The van der Waals surface area contributed by atoms with Crippen LogP contribution >= 0.6 is 0 Å². The fraction of sp³-hybridized carbons (Fsp3) is 0.282. The first kappa shape index (κ1) is 49.3. The lowest BCUT2D eigenvalue weighted by Crippen LogP contribution is -2.64. The van der Waals surface area contributed by atoms with E-state index in [-0.39, 0.29) is 23.2 Å².